The maximum Gasteiger partial charge on any atom is 0.328 e. The third-order valence-electron chi connectivity index (χ3n) is 4.44. The van der Waals surface area contributed by atoms with Crippen LogP contribution in [0.2, 0.25) is 0 Å². The van der Waals surface area contributed by atoms with Gasteiger partial charge < -0.3 is 36.6 Å². The Hall–Kier alpha value is -2.38. The second kappa shape index (κ2) is 11.6. The number of aliphatic hydroxyl groups excluding tert-OH is 1. The molecule has 13 heteroatoms. The molecule has 1 saturated heterocycles. The van der Waals surface area contributed by atoms with Crippen LogP contribution in [0.1, 0.15) is 25.7 Å². The van der Waals surface area contributed by atoms with Gasteiger partial charge in [-0.05, 0) is 19.3 Å². The highest BCUT2D eigenvalue weighted by Gasteiger charge is 2.38. The summed E-state index contributed by atoms with van der Waals surface area (Å²) in [6, 6.07) is -4.66. The number of likely N-dealkylation sites (tertiary alicyclic amines) is 1. The van der Waals surface area contributed by atoms with E-state index in [4.69, 9.17) is 21.1 Å². The topological polar surface area (TPSA) is 199 Å². The second-order valence-corrected chi connectivity index (χ2v) is 6.92. The van der Waals surface area contributed by atoms with E-state index in [9.17, 15) is 24.0 Å². The fourth-order valence-electron chi connectivity index (χ4n) is 2.83. The Kier molecular flexibility index (Phi) is 9.85. The van der Waals surface area contributed by atoms with Gasteiger partial charge in [0, 0.05) is 18.7 Å². The van der Waals surface area contributed by atoms with E-state index in [0.29, 0.717) is 12.8 Å². The quantitative estimate of drug-likeness (QED) is 0.167. The van der Waals surface area contributed by atoms with Crippen molar-refractivity contribution < 1.29 is 39.3 Å². The first-order chi connectivity index (χ1) is 13.6. The molecule has 1 aliphatic rings. The van der Waals surface area contributed by atoms with Crippen LogP contribution in [-0.2, 0) is 24.0 Å². The number of rotatable bonds is 11. The highest BCUT2D eigenvalue weighted by Crippen LogP contribution is 2.19. The molecule has 1 rings (SSSR count). The molecule has 0 saturated carbocycles. The summed E-state index contributed by atoms with van der Waals surface area (Å²) in [5.41, 5.74) is 5.63. The molecule has 0 aromatic heterocycles. The Balaban J connectivity index is 2.76. The van der Waals surface area contributed by atoms with Gasteiger partial charge in [0.25, 0.3) is 0 Å². The number of hydrogen-bond donors (Lipinski definition) is 7. The first kappa shape index (κ1) is 24.7. The molecule has 7 N–H and O–H groups in total. The van der Waals surface area contributed by atoms with Crippen molar-refractivity contribution in [2.24, 2.45) is 5.73 Å². The van der Waals surface area contributed by atoms with Gasteiger partial charge in [0.05, 0.1) is 12.6 Å². The normalized spacial score (nSPS) is 19.1. The maximum absolute atomic E-state index is 12.8. The zero-order valence-corrected chi connectivity index (χ0v) is 16.5. The van der Waals surface area contributed by atoms with Crippen molar-refractivity contribution in [1.29, 1.82) is 0 Å². The van der Waals surface area contributed by atoms with E-state index >= 15 is 0 Å². The highest BCUT2D eigenvalue weighted by atomic mass is 32.1. The maximum atomic E-state index is 12.8. The zero-order chi connectivity index (χ0) is 22.1. The average molecular weight is 434 g/mol. The lowest BCUT2D eigenvalue weighted by molar-refractivity contribution is -0.145. The van der Waals surface area contributed by atoms with Gasteiger partial charge in [0.1, 0.15) is 18.1 Å². The molecule has 0 spiro atoms. The monoisotopic (exact) mass is 434 g/mol. The largest absolute Gasteiger partial charge is 0.481 e. The molecular weight excluding hydrogens is 408 g/mol. The minimum atomic E-state index is -1.49. The number of thiol groups is 1. The summed E-state index contributed by atoms with van der Waals surface area (Å²) in [4.78, 5) is 60.0. The number of carboxylic acids is 2. The van der Waals surface area contributed by atoms with Crippen LogP contribution in [0.4, 0.5) is 0 Å². The SMILES string of the molecule is NC(CCC(=O)O)C(=O)NC(CS)C(=O)N1CCCC1C(=O)NC(CO)C(=O)O. The Labute approximate surface area is 172 Å². The van der Waals surface area contributed by atoms with Crippen molar-refractivity contribution in [1.82, 2.24) is 15.5 Å². The third-order valence-corrected chi connectivity index (χ3v) is 4.80. The van der Waals surface area contributed by atoms with E-state index in [1.54, 1.807) is 0 Å². The van der Waals surface area contributed by atoms with Crippen molar-refractivity contribution >= 4 is 42.3 Å². The van der Waals surface area contributed by atoms with Gasteiger partial charge in [-0.15, -0.1) is 0 Å². The summed E-state index contributed by atoms with van der Waals surface area (Å²) in [6.45, 7) is -0.579. The molecule has 0 bridgehead atoms. The molecule has 0 radical (unpaired) electrons. The Morgan fingerprint density at radius 1 is 1.14 bits per heavy atom. The van der Waals surface area contributed by atoms with E-state index in [0.717, 1.165) is 0 Å². The first-order valence-electron chi connectivity index (χ1n) is 8.95. The number of carbonyl (C=O) groups is 5. The lowest BCUT2D eigenvalue weighted by Gasteiger charge is -2.29. The van der Waals surface area contributed by atoms with Crippen LogP contribution >= 0.6 is 12.6 Å². The van der Waals surface area contributed by atoms with Crippen LogP contribution in [0.25, 0.3) is 0 Å². The predicted octanol–water partition coefficient (Wildman–Crippen LogP) is -2.85. The summed E-state index contributed by atoms with van der Waals surface area (Å²) in [7, 11) is 0. The predicted molar refractivity (Wildman–Crippen MR) is 102 cm³/mol. The molecule has 164 valence electrons. The minimum Gasteiger partial charge on any atom is -0.481 e. The molecule has 1 heterocycles. The molecule has 4 atom stereocenters. The van der Waals surface area contributed by atoms with E-state index < -0.39 is 60.4 Å². The number of nitrogens with two attached hydrogens (primary N) is 1. The smallest absolute Gasteiger partial charge is 0.328 e. The summed E-state index contributed by atoms with van der Waals surface area (Å²) in [6.07, 6.45) is 0.367. The number of carboxylic acid groups (broad SMARTS) is 2. The van der Waals surface area contributed by atoms with Gasteiger partial charge in [0.15, 0.2) is 0 Å². The van der Waals surface area contributed by atoms with Gasteiger partial charge in [-0.2, -0.15) is 12.6 Å². The van der Waals surface area contributed by atoms with Crippen molar-refractivity contribution in [2.75, 3.05) is 18.9 Å². The molecule has 0 aliphatic carbocycles. The van der Waals surface area contributed by atoms with Crippen LogP contribution in [0.5, 0.6) is 0 Å². The van der Waals surface area contributed by atoms with E-state index in [2.05, 4.69) is 23.3 Å². The molecule has 0 aromatic carbocycles. The lowest BCUT2D eigenvalue weighted by atomic mass is 10.1. The number of nitrogens with one attached hydrogen (secondary N) is 2. The van der Waals surface area contributed by atoms with Crippen LogP contribution < -0.4 is 16.4 Å². The molecule has 29 heavy (non-hydrogen) atoms. The average Bonchev–Trinajstić information content (AvgIpc) is 3.16. The van der Waals surface area contributed by atoms with Gasteiger partial charge in [-0.25, -0.2) is 4.79 Å². The Morgan fingerprint density at radius 3 is 2.31 bits per heavy atom. The minimum absolute atomic E-state index is 0.0878. The molecule has 12 nitrogen and oxygen atoms in total. The highest BCUT2D eigenvalue weighted by molar-refractivity contribution is 7.80. The number of carbonyl (C=O) groups excluding carboxylic acids is 3. The summed E-state index contributed by atoms with van der Waals surface area (Å²) < 4.78 is 0. The van der Waals surface area contributed by atoms with Crippen LogP contribution in [0.15, 0.2) is 0 Å². The standard InChI is InChI=1S/C16H26N4O8S/c17-8(3-4-12(22)23)13(24)19-10(7-29)15(26)20-5-1-2-11(20)14(25)18-9(6-21)16(27)28/h8-11,21,29H,1-7,17H2,(H,18,25)(H,19,24)(H,22,23)(H,27,28). The fourth-order valence-corrected chi connectivity index (χ4v) is 3.08. The Morgan fingerprint density at radius 2 is 1.79 bits per heavy atom. The second-order valence-electron chi connectivity index (χ2n) is 6.55. The number of hydrogen-bond acceptors (Lipinski definition) is 8. The third kappa shape index (κ3) is 7.18. The molecular formula is C16H26N4O8S. The Bertz CT molecular complexity index is 646. The number of nitrogens with zero attached hydrogens (tertiary/aromatic N) is 1. The van der Waals surface area contributed by atoms with Crippen LogP contribution in [0.3, 0.4) is 0 Å². The molecule has 1 aliphatic heterocycles. The van der Waals surface area contributed by atoms with Gasteiger partial charge in [-0.1, -0.05) is 0 Å². The van der Waals surface area contributed by atoms with Crippen molar-refractivity contribution in [3.8, 4) is 0 Å². The fraction of sp³-hybridized carbons (Fsp3) is 0.688. The van der Waals surface area contributed by atoms with Crippen LogP contribution in [-0.4, -0.2) is 93.0 Å². The molecule has 3 amide bonds. The van der Waals surface area contributed by atoms with E-state index in [1.807, 2.05) is 0 Å². The molecule has 1 fully saturated rings. The zero-order valence-electron chi connectivity index (χ0n) is 15.6. The van der Waals surface area contributed by atoms with Gasteiger partial charge in [0.2, 0.25) is 17.7 Å². The van der Waals surface area contributed by atoms with Gasteiger partial charge in [-0.3, -0.25) is 19.2 Å². The molecule has 0 aromatic rings. The van der Waals surface area contributed by atoms with Gasteiger partial charge >= 0.3 is 11.9 Å². The van der Waals surface area contributed by atoms with E-state index in [1.165, 1.54) is 4.90 Å². The van der Waals surface area contributed by atoms with Crippen LogP contribution in [0, 0.1) is 0 Å². The first-order valence-corrected chi connectivity index (χ1v) is 9.58. The summed E-state index contributed by atoms with van der Waals surface area (Å²) >= 11 is 4.05. The van der Waals surface area contributed by atoms with Crippen molar-refractivity contribution in [3.05, 3.63) is 0 Å². The van der Waals surface area contributed by atoms with E-state index in [-0.39, 0.29) is 25.1 Å². The summed E-state index contributed by atoms with van der Waals surface area (Å²) in [5, 5.41) is 31.2. The molecule has 4 unspecified atom stereocenters. The lowest BCUT2D eigenvalue weighted by Crippen LogP contribution is -2.57. The number of amides is 3. The summed E-state index contributed by atoms with van der Waals surface area (Å²) in [5.74, 6) is -4.64. The van der Waals surface area contributed by atoms with Crippen molar-refractivity contribution in [2.45, 2.75) is 49.9 Å². The number of aliphatic hydroxyl groups is 1. The number of aliphatic carboxylic acids is 2. The van der Waals surface area contributed by atoms with Crippen molar-refractivity contribution in [3.63, 3.8) is 0 Å².